The number of nitrogens with one attached hydrogen (secondary N) is 2. The van der Waals surface area contributed by atoms with E-state index in [0.717, 1.165) is 10.8 Å². The second kappa shape index (κ2) is 5.87. The molecule has 2 heterocycles. The first-order valence-electron chi connectivity index (χ1n) is 5.87. The normalized spacial score (nSPS) is 10.2. The Hall–Kier alpha value is -2.83. The molecular formula is C13H13N3O4. The maximum Gasteiger partial charge on any atom is 0.328 e. The predicted molar refractivity (Wildman–Crippen MR) is 71.7 cm³/mol. The van der Waals surface area contributed by atoms with Gasteiger partial charge in [-0.3, -0.25) is 14.2 Å². The summed E-state index contributed by atoms with van der Waals surface area (Å²) in [5.74, 6) is -0.124. The van der Waals surface area contributed by atoms with Crippen LogP contribution in [0.1, 0.15) is 16.1 Å². The summed E-state index contributed by atoms with van der Waals surface area (Å²) in [5.41, 5.74) is -1.42. The minimum absolute atomic E-state index is 0.0380. The number of carbonyl (C=O) groups is 1. The van der Waals surface area contributed by atoms with Gasteiger partial charge in [0.25, 0.3) is 11.5 Å². The van der Waals surface area contributed by atoms with E-state index in [1.165, 1.54) is 12.3 Å². The van der Waals surface area contributed by atoms with E-state index in [1.807, 2.05) is 0 Å². The van der Waals surface area contributed by atoms with E-state index < -0.39 is 17.2 Å². The highest BCUT2D eigenvalue weighted by molar-refractivity contribution is 5.93. The SMILES string of the molecule is C=CCNC(=O)c1c[nH]c(=O)n(Cc2ccco2)c1=O. The van der Waals surface area contributed by atoms with Crippen molar-refractivity contribution in [1.82, 2.24) is 14.9 Å². The van der Waals surface area contributed by atoms with Crippen LogP contribution in [0.4, 0.5) is 0 Å². The van der Waals surface area contributed by atoms with Crippen LogP contribution in [0.25, 0.3) is 0 Å². The van der Waals surface area contributed by atoms with E-state index in [2.05, 4.69) is 16.9 Å². The fraction of sp³-hybridized carbons (Fsp3) is 0.154. The van der Waals surface area contributed by atoms with Crippen molar-refractivity contribution in [2.75, 3.05) is 6.54 Å². The Morgan fingerprint density at radius 2 is 2.30 bits per heavy atom. The number of aromatic amines is 1. The van der Waals surface area contributed by atoms with Gasteiger partial charge in [0.1, 0.15) is 11.3 Å². The lowest BCUT2D eigenvalue weighted by Gasteiger charge is -2.05. The van der Waals surface area contributed by atoms with Crippen LogP contribution < -0.4 is 16.6 Å². The zero-order valence-electron chi connectivity index (χ0n) is 10.6. The van der Waals surface area contributed by atoms with Crippen molar-refractivity contribution < 1.29 is 9.21 Å². The molecule has 20 heavy (non-hydrogen) atoms. The average molecular weight is 275 g/mol. The maximum absolute atomic E-state index is 12.1. The minimum atomic E-state index is -0.674. The van der Waals surface area contributed by atoms with Gasteiger partial charge in [-0.2, -0.15) is 0 Å². The number of rotatable bonds is 5. The summed E-state index contributed by atoms with van der Waals surface area (Å²) in [6, 6.07) is 3.28. The Kier molecular flexibility index (Phi) is 3.99. The van der Waals surface area contributed by atoms with Crippen LogP contribution in [0, 0.1) is 0 Å². The summed E-state index contributed by atoms with van der Waals surface area (Å²) in [7, 11) is 0. The number of amides is 1. The highest BCUT2D eigenvalue weighted by Gasteiger charge is 2.14. The molecule has 0 atom stereocenters. The number of furan rings is 1. The quantitative estimate of drug-likeness (QED) is 0.756. The third kappa shape index (κ3) is 2.77. The van der Waals surface area contributed by atoms with Gasteiger partial charge in [-0.05, 0) is 12.1 Å². The Morgan fingerprint density at radius 3 is 2.95 bits per heavy atom. The van der Waals surface area contributed by atoms with Gasteiger partial charge in [0, 0.05) is 12.7 Å². The standard InChI is InChI=1S/C13H13N3O4/c1-2-5-14-11(17)10-7-15-13(19)16(12(10)18)8-9-4-3-6-20-9/h2-4,6-7H,1,5,8H2,(H,14,17)(H,15,19). The van der Waals surface area contributed by atoms with Gasteiger partial charge in [0.2, 0.25) is 0 Å². The molecule has 0 bridgehead atoms. The molecule has 0 spiro atoms. The summed E-state index contributed by atoms with van der Waals surface area (Å²) in [5, 5.41) is 2.48. The van der Waals surface area contributed by atoms with E-state index in [-0.39, 0.29) is 18.7 Å². The molecule has 104 valence electrons. The molecule has 0 aliphatic carbocycles. The van der Waals surface area contributed by atoms with Crippen molar-refractivity contribution >= 4 is 5.91 Å². The zero-order chi connectivity index (χ0) is 14.5. The Morgan fingerprint density at radius 1 is 1.50 bits per heavy atom. The summed E-state index contributed by atoms with van der Waals surface area (Å²) in [6.45, 7) is 3.66. The van der Waals surface area contributed by atoms with Crippen LogP contribution in [0.2, 0.25) is 0 Å². The second-order valence-electron chi connectivity index (χ2n) is 3.98. The fourth-order valence-electron chi connectivity index (χ4n) is 1.64. The third-order valence-electron chi connectivity index (χ3n) is 2.61. The molecule has 2 N–H and O–H groups in total. The first kappa shape index (κ1) is 13.6. The van der Waals surface area contributed by atoms with Gasteiger partial charge in [-0.15, -0.1) is 6.58 Å². The number of hydrogen-bond donors (Lipinski definition) is 2. The van der Waals surface area contributed by atoms with E-state index >= 15 is 0 Å². The van der Waals surface area contributed by atoms with Crippen molar-refractivity contribution in [3.63, 3.8) is 0 Å². The molecule has 2 aromatic heterocycles. The smallest absolute Gasteiger partial charge is 0.328 e. The topological polar surface area (TPSA) is 97.1 Å². The lowest BCUT2D eigenvalue weighted by Crippen LogP contribution is -2.40. The Bertz CT molecular complexity index is 725. The average Bonchev–Trinajstić information content (AvgIpc) is 2.94. The summed E-state index contributed by atoms with van der Waals surface area (Å²) in [6.07, 6.45) is 4.03. The summed E-state index contributed by atoms with van der Waals surface area (Å²) >= 11 is 0. The minimum Gasteiger partial charge on any atom is -0.467 e. The molecule has 0 aromatic carbocycles. The van der Waals surface area contributed by atoms with Gasteiger partial charge >= 0.3 is 5.69 Å². The van der Waals surface area contributed by atoms with Gasteiger partial charge in [0.15, 0.2) is 0 Å². The van der Waals surface area contributed by atoms with Crippen molar-refractivity contribution in [3.05, 3.63) is 69.4 Å². The molecule has 2 rings (SSSR count). The zero-order valence-corrected chi connectivity index (χ0v) is 10.6. The van der Waals surface area contributed by atoms with Crippen molar-refractivity contribution in [2.24, 2.45) is 0 Å². The monoisotopic (exact) mass is 275 g/mol. The molecule has 0 saturated carbocycles. The molecule has 0 unspecified atom stereocenters. The molecule has 0 aliphatic heterocycles. The van der Waals surface area contributed by atoms with E-state index in [4.69, 9.17) is 4.42 Å². The van der Waals surface area contributed by atoms with E-state index in [1.54, 1.807) is 12.1 Å². The molecule has 0 radical (unpaired) electrons. The van der Waals surface area contributed by atoms with Crippen LogP contribution in [0.5, 0.6) is 0 Å². The molecule has 0 aliphatic rings. The van der Waals surface area contributed by atoms with Gasteiger partial charge in [-0.1, -0.05) is 6.08 Å². The first-order chi connectivity index (χ1) is 9.63. The molecular weight excluding hydrogens is 262 g/mol. The maximum atomic E-state index is 12.1. The van der Waals surface area contributed by atoms with Gasteiger partial charge in [0.05, 0.1) is 12.8 Å². The van der Waals surface area contributed by atoms with E-state index in [9.17, 15) is 14.4 Å². The Labute approximate surface area is 113 Å². The van der Waals surface area contributed by atoms with Crippen LogP contribution in [0.3, 0.4) is 0 Å². The van der Waals surface area contributed by atoms with Crippen LogP contribution in [-0.2, 0) is 6.54 Å². The van der Waals surface area contributed by atoms with Crippen LogP contribution in [-0.4, -0.2) is 22.0 Å². The van der Waals surface area contributed by atoms with Crippen LogP contribution in [0.15, 0.2) is 51.3 Å². The number of H-pyrrole nitrogens is 1. The van der Waals surface area contributed by atoms with Crippen molar-refractivity contribution in [2.45, 2.75) is 6.54 Å². The van der Waals surface area contributed by atoms with E-state index in [0.29, 0.717) is 5.76 Å². The highest BCUT2D eigenvalue weighted by Crippen LogP contribution is 2.00. The molecule has 0 saturated heterocycles. The van der Waals surface area contributed by atoms with Crippen molar-refractivity contribution in [3.8, 4) is 0 Å². The van der Waals surface area contributed by atoms with Gasteiger partial charge < -0.3 is 14.7 Å². The molecule has 7 nitrogen and oxygen atoms in total. The molecule has 2 aromatic rings. The number of carbonyl (C=O) groups excluding carboxylic acids is 1. The summed E-state index contributed by atoms with van der Waals surface area (Å²) in [4.78, 5) is 37.9. The molecule has 1 amide bonds. The second-order valence-corrected chi connectivity index (χ2v) is 3.98. The fourth-order valence-corrected chi connectivity index (χ4v) is 1.64. The lowest BCUT2D eigenvalue weighted by molar-refractivity contribution is 0.0955. The highest BCUT2D eigenvalue weighted by atomic mass is 16.3. The largest absolute Gasteiger partial charge is 0.467 e. The molecule has 7 heteroatoms. The number of aromatic nitrogens is 2. The lowest BCUT2D eigenvalue weighted by atomic mass is 10.3. The molecule has 0 fully saturated rings. The third-order valence-corrected chi connectivity index (χ3v) is 2.61. The van der Waals surface area contributed by atoms with Gasteiger partial charge in [-0.25, -0.2) is 4.79 Å². The number of hydrogen-bond acceptors (Lipinski definition) is 4. The van der Waals surface area contributed by atoms with Crippen LogP contribution >= 0.6 is 0 Å². The number of nitrogens with zero attached hydrogens (tertiary/aromatic N) is 1. The first-order valence-corrected chi connectivity index (χ1v) is 5.87. The Balaban J connectivity index is 2.37. The summed E-state index contributed by atoms with van der Waals surface area (Å²) < 4.78 is 5.99. The predicted octanol–water partition coefficient (Wildman–Crippen LogP) is 0.0937. The van der Waals surface area contributed by atoms with Crippen molar-refractivity contribution in [1.29, 1.82) is 0 Å².